The molecule has 4 heterocycles. The summed E-state index contributed by atoms with van der Waals surface area (Å²) in [6, 6.07) is 3.98. The van der Waals surface area contributed by atoms with E-state index in [4.69, 9.17) is 9.78 Å². The van der Waals surface area contributed by atoms with Crippen molar-refractivity contribution >= 4 is 44.8 Å². The number of nitrogens with zero attached hydrogens (tertiary/aromatic N) is 6. The van der Waals surface area contributed by atoms with Gasteiger partial charge in [0.1, 0.15) is 6.17 Å². The van der Waals surface area contributed by atoms with Crippen molar-refractivity contribution in [3.63, 3.8) is 0 Å². The Morgan fingerprint density at radius 2 is 2.08 bits per heavy atom. The van der Waals surface area contributed by atoms with Crippen molar-refractivity contribution in [3.05, 3.63) is 24.1 Å². The first kappa shape index (κ1) is 25.6. The van der Waals surface area contributed by atoms with Gasteiger partial charge < -0.3 is 19.6 Å². The maximum Gasteiger partial charge on any atom is 0.446 e. The fourth-order valence-corrected chi connectivity index (χ4v) is 6.51. The lowest BCUT2D eigenvalue weighted by Gasteiger charge is -2.33. The second-order valence-corrected chi connectivity index (χ2v) is 10.9. The molecular formula is C22H22F4N8OS2. The molecule has 3 aromatic rings. The zero-order valence-corrected chi connectivity index (χ0v) is 21.3. The Morgan fingerprint density at radius 1 is 1.27 bits per heavy atom. The number of thiophene rings is 1. The van der Waals surface area contributed by atoms with Crippen LogP contribution in [-0.2, 0) is 0 Å². The summed E-state index contributed by atoms with van der Waals surface area (Å²) >= 11 is 0.858. The van der Waals surface area contributed by atoms with Crippen LogP contribution in [-0.4, -0.2) is 77.4 Å². The Morgan fingerprint density at radius 3 is 2.81 bits per heavy atom. The summed E-state index contributed by atoms with van der Waals surface area (Å²) in [4.78, 5) is 12.5. The summed E-state index contributed by atoms with van der Waals surface area (Å²) in [5.41, 5.74) is -3.99. The van der Waals surface area contributed by atoms with Crippen LogP contribution in [0.15, 0.2) is 32.6 Å². The van der Waals surface area contributed by atoms with Crippen LogP contribution in [0, 0.1) is 11.5 Å². The monoisotopic (exact) mass is 554 g/mol. The molecule has 2 aliphatic heterocycles. The van der Waals surface area contributed by atoms with E-state index in [1.54, 1.807) is 36.3 Å². The Hall–Kier alpha value is -3.09. The predicted octanol–water partition coefficient (Wildman–Crippen LogP) is 4.43. The molecule has 5 rings (SSSR count). The number of rotatable bonds is 5. The Bertz CT molecular complexity index is 1370. The van der Waals surface area contributed by atoms with E-state index in [2.05, 4.69) is 25.8 Å². The number of halogens is 4. The van der Waals surface area contributed by atoms with Gasteiger partial charge in [-0.1, -0.05) is 17.3 Å². The van der Waals surface area contributed by atoms with E-state index in [1.807, 2.05) is 11.9 Å². The van der Waals surface area contributed by atoms with Crippen LogP contribution in [0.2, 0.25) is 0 Å². The number of nitriles is 1. The largest absolute Gasteiger partial charge is 0.446 e. The van der Waals surface area contributed by atoms with Crippen molar-refractivity contribution in [2.45, 2.75) is 35.1 Å². The summed E-state index contributed by atoms with van der Waals surface area (Å²) < 4.78 is 61.4. The number of anilines is 1. The lowest BCUT2D eigenvalue weighted by atomic mass is 10.0. The lowest BCUT2D eigenvalue weighted by molar-refractivity contribution is -0.0327. The zero-order chi connectivity index (χ0) is 26.3. The molecule has 0 aliphatic carbocycles. The molecule has 1 saturated heterocycles. The van der Waals surface area contributed by atoms with Gasteiger partial charge in [0.2, 0.25) is 11.8 Å². The van der Waals surface area contributed by atoms with Crippen LogP contribution in [0.3, 0.4) is 0 Å². The zero-order valence-electron chi connectivity index (χ0n) is 19.7. The highest BCUT2D eigenvalue weighted by Gasteiger charge is 2.35. The van der Waals surface area contributed by atoms with Gasteiger partial charge in [-0.15, -0.1) is 11.3 Å². The minimum atomic E-state index is -4.55. The second-order valence-electron chi connectivity index (χ2n) is 8.85. The van der Waals surface area contributed by atoms with Gasteiger partial charge in [-0.05, 0) is 31.3 Å². The number of fused-ring (bicyclic) bond motifs is 1. The van der Waals surface area contributed by atoms with Crippen LogP contribution in [0.1, 0.15) is 18.4 Å². The average molecular weight is 555 g/mol. The molecule has 0 radical (unpaired) electrons. The molecule has 2 aromatic heterocycles. The van der Waals surface area contributed by atoms with Gasteiger partial charge in [-0.3, -0.25) is 5.32 Å². The quantitative estimate of drug-likeness (QED) is 0.205. The van der Waals surface area contributed by atoms with Gasteiger partial charge in [0.05, 0.1) is 27.9 Å². The number of thioether (sulfide) groups is 1. The molecule has 0 bridgehead atoms. The standard InChI is InChI=1S/C22H22F4N8OS2/c1-33-7-6-13(12(23)8-33)29-14-5-3-4-11-16(14)36-18(17(11)37-22(24,25)26)19-31-20(35-32-19)15-9-34(2)21(30-15)28-10-27/h3-5,12-13,15,29H,6-9H2,1-2H3,(H,28,30)/t12-,13+,15+/m0/s1. The molecule has 3 atom stereocenters. The van der Waals surface area contributed by atoms with E-state index in [0.29, 0.717) is 34.7 Å². The van der Waals surface area contributed by atoms with E-state index in [-0.39, 0.29) is 39.8 Å². The van der Waals surface area contributed by atoms with Gasteiger partial charge in [0, 0.05) is 30.4 Å². The number of aliphatic imine (C=N–C) groups is 1. The Balaban J connectivity index is 1.52. The fourth-order valence-electron chi connectivity index (χ4n) is 4.40. The van der Waals surface area contributed by atoms with Crippen molar-refractivity contribution in [1.82, 2.24) is 25.3 Å². The topological polar surface area (TPSA) is 106 Å². The molecule has 1 fully saturated rings. The smallest absolute Gasteiger partial charge is 0.378 e. The molecule has 0 unspecified atom stereocenters. The SMILES string of the molecule is CN1CC[C@@H](Nc2cccc3c(SC(F)(F)F)c(-c4noc([C@H]5CN(C)C(NC#N)=N5)n4)sc23)[C@@H](F)C1. The van der Waals surface area contributed by atoms with Crippen molar-refractivity contribution in [1.29, 1.82) is 5.26 Å². The molecule has 196 valence electrons. The number of likely N-dealkylation sites (tertiary alicyclic amines) is 1. The highest BCUT2D eigenvalue weighted by Crippen LogP contribution is 2.50. The summed E-state index contributed by atoms with van der Waals surface area (Å²) in [6.45, 7) is 1.36. The fraction of sp³-hybridized carbons (Fsp3) is 0.455. The number of piperidine rings is 1. The normalized spacial score (nSPS) is 22.8. The first-order valence-corrected chi connectivity index (χ1v) is 12.9. The van der Waals surface area contributed by atoms with Gasteiger partial charge in [0.25, 0.3) is 5.89 Å². The van der Waals surface area contributed by atoms with Crippen LogP contribution in [0.25, 0.3) is 20.8 Å². The van der Waals surface area contributed by atoms with Crippen molar-refractivity contribution < 1.29 is 22.1 Å². The van der Waals surface area contributed by atoms with Crippen LogP contribution >= 0.6 is 23.1 Å². The first-order chi connectivity index (χ1) is 17.6. The molecule has 0 amide bonds. The van der Waals surface area contributed by atoms with Gasteiger partial charge in [0.15, 0.2) is 12.2 Å². The van der Waals surface area contributed by atoms with Crippen LogP contribution < -0.4 is 10.6 Å². The molecular weight excluding hydrogens is 532 g/mol. The average Bonchev–Trinajstić information content (AvgIpc) is 3.53. The molecule has 1 aromatic carbocycles. The maximum absolute atomic E-state index is 14.7. The first-order valence-electron chi connectivity index (χ1n) is 11.3. The summed E-state index contributed by atoms with van der Waals surface area (Å²) in [5, 5.41) is 18.9. The van der Waals surface area contributed by atoms with E-state index < -0.39 is 23.8 Å². The third-order valence-electron chi connectivity index (χ3n) is 6.16. The highest BCUT2D eigenvalue weighted by molar-refractivity contribution is 8.00. The molecule has 9 nitrogen and oxygen atoms in total. The maximum atomic E-state index is 14.7. The number of aromatic nitrogens is 2. The number of likely N-dealkylation sites (N-methyl/N-ethyl adjacent to an activating group) is 1. The van der Waals surface area contributed by atoms with Gasteiger partial charge in [-0.25, -0.2) is 9.38 Å². The second kappa shape index (κ2) is 9.99. The summed E-state index contributed by atoms with van der Waals surface area (Å²) in [5.74, 6) is 0.469. The molecule has 2 N–H and O–H groups in total. The van der Waals surface area contributed by atoms with E-state index in [1.165, 1.54) is 0 Å². The lowest BCUT2D eigenvalue weighted by Crippen LogP contribution is -2.46. The molecule has 15 heteroatoms. The van der Waals surface area contributed by atoms with Crippen molar-refractivity contribution in [2.24, 2.45) is 4.99 Å². The van der Waals surface area contributed by atoms with E-state index in [9.17, 15) is 17.6 Å². The summed E-state index contributed by atoms with van der Waals surface area (Å²) in [7, 11) is 3.58. The minimum absolute atomic E-state index is 0.0103. The predicted molar refractivity (Wildman–Crippen MR) is 133 cm³/mol. The van der Waals surface area contributed by atoms with Crippen molar-refractivity contribution in [2.75, 3.05) is 39.0 Å². The number of nitrogens with one attached hydrogen (secondary N) is 2. The summed E-state index contributed by atoms with van der Waals surface area (Å²) in [6.07, 6.45) is 1.26. The molecule has 0 saturated carbocycles. The number of hydrogen-bond donors (Lipinski definition) is 2. The Kier molecular flexibility index (Phi) is 6.90. The Labute approximate surface area is 217 Å². The van der Waals surface area contributed by atoms with Crippen LogP contribution in [0.4, 0.5) is 23.2 Å². The van der Waals surface area contributed by atoms with Crippen molar-refractivity contribution in [3.8, 4) is 16.9 Å². The molecule has 2 aliphatic rings. The van der Waals surface area contributed by atoms with Gasteiger partial charge >= 0.3 is 5.51 Å². The number of guanidine groups is 1. The number of benzene rings is 1. The molecule has 37 heavy (non-hydrogen) atoms. The van der Waals surface area contributed by atoms with Gasteiger partial charge in [-0.2, -0.15) is 23.4 Å². The van der Waals surface area contributed by atoms with E-state index >= 15 is 0 Å². The minimum Gasteiger partial charge on any atom is -0.378 e. The van der Waals surface area contributed by atoms with E-state index in [0.717, 1.165) is 17.9 Å². The molecule has 0 spiro atoms. The third-order valence-corrected chi connectivity index (χ3v) is 8.38. The highest BCUT2D eigenvalue weighted by atomic mass is 32.2. The number of alkyl halides is 4. The van der Waals surface area contributed by atoms with Crippen LogP contribution in [0.5, 0.6) is 0 Å². The third kappa shape index (κ3) is 5.32. The number of hydrogen-bond acceptors (Lipinski definition) is 11.